The highest BCUT2D eigenvalue weighted by Crippen LogP contribution is 2.21. The lowest BCUT2D eigenvalue weighted by atomic mass is 10.1. The Morgan fingerprint density at radius 3 is 2.86 bits per heavy atom. The molecule has 0 aliphatic rings. The van der Waals surface area contributed by atoms with Crippen molar-refractivity contribution in [2.45, 2.75) is 0 Å². The van der Waals surface area contributed by atoms with Gasteiger partial charge in [0.2, 0.25) is 0 Å². The Bertz CT molecular complexity index is 812. The zero-order valence-corrected chi connectivity index (χ0v) is 13.3. The average Bonchev–Trinajstić information content (AvgIpc) is 2.92. The van der Waals surface area contributed by atoms with E-state index in [4.69, 9.17) is 11.6 Å². The van der Waals surface area contributed by atoms with Crippen molar-refractivity contribution < 1.29 is 13.2 Å². The van der Waals surface area contributed by atoms with Crippen LogP contribution in [0.5, 0.6) is 0 Å². The third-order valence-electron chi connectivity index (χ3n) is 2.67. The van der Waals surface area contributed by atoms with Crippen LogP contribution in [0.2, 0.25) is 5.02 Å². The van der Waals surface area contributed by atoms with E-state index >= 15 is 0 Å². The van der Waals surface area contributed by atoms with Crippen molar-refractivity contribution in [2.75, 3.05) is 12.8 Å². The fourth-order valence-electron chi connectivity index (χ4n) is 1.70. The molecule has 0 radical (unpaired) electrons. The molecule has 2 aromatic rings. The molecule has 0 spiro atoms. The van der Waals surface area contributed by atoms with Gasteiger partial charge >= 0.3 is 0 Å². The lowest BCUT2D eigenvalue weighted by Crippen LogP contribution is -2.23. The number of halogens is 1. The first-order chi connectivity index (χ1) is 10.3. The standard InChI is InChI=1S/C14H14ClN3O3S/c1-22(20,21)7-3-6-16-14(19)13-9-12(17-18-13)10-4-2-5-11(15)8-10/h2-5,7-9H,6H2,1H3,(H,16,19)(H,17,18)/b7-3+. The largest absolute Gasteiger partial charge is 0.347 e. The maximum atomic E-state index is 11.9. The van der Waals surface area contributed by atoms with Crippen molar-refractivity contribution in [1.29, 1.82) is 0 Å². The SMILES string of the molecule is CS(=O)(=O)/C=C/CNC(=O)c1cc(-c2cccc(Cl)c2)n[nH]1. The average molecular weight is 340 g/mol. The number of amides is 1. The van der Waals surface area contributed by atoms with E-state index in [9.17, 15) is 13.2 Å². The van der Waals surface area contributed by atoms with Crippen LogP contribution in [0.25, 0.3) is 11.3 Å². The first-order valence-electron chi connectivity index (χ1n) is 6.31. The number of carbonyl (C=O) groups is 1. The third kappa shape index (κ3) is 4.71. The molecule has 6 nitrogen and oxygen atoms in total. The summed E-state index contributed by atoms with van der Waals surface area (Å²) in [4.78, 5) is 11.9. The fraction of sp³-hybridized carbons (Fsp3) is 0.143. The number of nitrogens with zero attached hydrogens (tertiary/aromatic N) is 1. The van der Waals surface area contributed by atoms with Gasteiger partial charge in [-0.05, 0) is 18.2 Å². The Labute approximate surface area is 133 Å². The normalized spacial score (nSPS) is 11.7. The van der Waals surface area contributed by atoms with Crippen LogP contribution in [-0.2, 0) is 9.84 Å². The number of hydrogen-bond acceptors (Lipinski definition) is 4. The van der Waals surface area contributed by atoms with Gasteiger partial charge in [0.15, 0.2) is 9.84 Å². The van der Waals surface area contributed by atoms with Crippen LogP contribution in [0, 0.1) is 0 Å². The fourth-order valence-corrected chi connectivity index (χ4v) is 2.34. The Balaban J connectivity index is 2.02. The van der Waals surface area contributed by atoms with E-state index in [-0.39, 0.29) is 18.1 Å². The predicted octanol–water partition coefficient (Wildman–Crippen LogP) is 2.02. The lowest BCUT2D eigenvalue weighted by Gasteiger charge is -1.98. The molecule has 2 N–H and O–H groups in total. The molecule has 22 heavy (non-hydrogen) atoms. The molecule has 0 atom stereocenters. The zero-order chi connectivity index (χ0) is 16.2. The Morgan fingerprint density at radius 2 is 2.18 bits per heavy atom. The van der Waals surface area contributed by atoms with Gasteiger partial charge in [-0.1, -0.05) is 29.8 Å². The smallest absolute Gasteiger partial charge is 0.269 e. The van der Waals surface area contributed by atoms with Gasteiger partial charge in [-0.15, -0.1) is 0 Å². The van der Waals surface area contributed by atoms with Crippen LogP contribution in [0.4, 0.5) is 0 Å². The highest BCUT2D eigenvalue weighted by atomic mass is 35.5. The van der Waals surface area contributed by atoms with Gasteiger partial charge in [-0.2, -0.15) is 5.10 Å². The van der Waals surface area contributed by atoms with Crippen LogP contribution in [0.15, 0.2) is 41.8 Å². The van der Waals surface area contributed by atoms with Crippen LogP contribution in [0.1, 0.15) is 10.5 Å². The lowest BCUT2D eigenvalue weighted by molar-refractivity contribution is 0.0953. The quantitative estimate of drug-likeness (QED) is 0.871. The van der Waals surface area contributed by atoms with Crippen molar-refractivity contribution >= 4 is 27.3 Å². The van der Waals surface area contributed by atoms with Gasteiger partial charge in [0.05, 0.1) is 5.69 Å². The molecule has 0 aliphatic heterocycles. The summed E-state index contributed by atoms with van der Waals surface area (Å²) in [7, 11) is -3.19. The number of carbonyl (C=O) groups excluding carboxylic acids is 1. The summed E-state index contributed by atoms with van der Waals surface area (Å²) in [5, 5.41) is 10.9. The maximum Gasteiger partial charge on any atom is 0.269 e. The van der Waals surface area contributed by atoms with Crippen molar-refractivity contribution in [3.05, 3.63) is 52.5 Å². The van der Waals surface area contributed by atoms with E-state index in [0.29, 0.717) is 10.7 Å². The highest BCUT2D eigenvalue weighted by Gasteiger charge is 2.10. The molecule has 0 saturated heterocycles. The van der Waals surface area contributed by atoms with E-state index < -0.39 is 9.84 Å². The van der Waals surface area contributed by atoms with E-state index in [1.54, 1.807) is 24.3 Å². The number of sulfone groups is 1. The minimum atomic E-state index is -3.19. The van der Waals surface area contributed by atoms with Gasteiger partial charge in [-0.25, -0.2) is 8.42 Å². The number of H-pyrrole nitrogens is 1. The molecule has 0 aliphatic carbocycles. The molecule has 116 valence electrons. The van der Waals surface area contributed by atoms with Crippen molar-refractivity contribution in [3.8, 4) is 11.3 Å². The maximum absolute atomic E-state index is 11.9. The number of hydrogen-bond donors (Lipinski definition) is 2. The first-order valence-corrected chi connectivity index (χ1v) is 8.64. The number of benzene rings is 1. The third-order valence-corrected chi connectivity index (χ3v) is 3.59. The topological polar surface area (TPSA) is 91.9 Å². The molecule has 2 rings (SSSR count). The molecule has 0 fully saturated rings. The van der Waals surface area contributed by atoms with Crippen LogP contribution < -0.4 is 5.32 Å². The molecule has 0 unspecified atom stereocenters. The van der Waals surface area contributed by atoms with Crippen LogP contribution in [-0.4, -0.2) is 37.3 Å². The van der Waals surface area contributed by atoms with Gasteiger partial charge in [-0.3, -0.25) is 9.89 Å². The second-order valence-electron chi connectivity index (χ2n) is 4.59. The van der Waals surface area contributed by atoms with E-state index in [1.807, 2.05) is 6.07 Å². The molecule has 0 saturated carbocycles. The number of rotatable bonds is 5. The first kappa shape index (κ1) is 16.3. The second kappa shape index (κ2) is 6.76. The van der Waals surface area contributed by atoms with E-state index in [1.165, 1.54) is 6.08 Å². The molecular weight excluding hydrogens is 326 g/mol. The molecule has 1 amide bonds. The summed E-state index contributed by atoms with van der Waals surface area (Å²) in [5.74, 6) is -0.376. The number of aromatic amines is 1. The molecule has 1 heterocycles. The summed E-state index contributed by atoms with van der Waals surface area (Å²) < 4.78 is 21.8. The van der Waals surface area contributed by atoms with Crippen LogP contribution in [0.3, 0.4) is 0 Å². The number of aromatic nitrogens is 2. The monoisotopic (exact) mass is 339 g/mol. The van der Waals surface area contributed by atoms with E-state index in [2.05, 4.69) is 15.5 Å². The van der Waals surface area contributed by atoms with Crippen molar-refractivity contribution in [2.24, 2.45) is 0 Å². The second-order valence-corrected chi connectivity index (χ2v) is 6.96. The minimum absolute atomic E-state index is 0.109. The molecule has 1 aromatic heterocycles. The molecule has 1 aromatic carbocycles. The van der Waals surface area contributed by atoms with Crippen LogP contribution >= 0.6 is 11.6 Å². The molecule has 0 bridgehead atoms. The summed E-state index contributed by atoms with van der Waals surface area (Å²) in [6, 6.07) is 8.72. The summed E-state index contributed by atoms with van der Waals surface area (Å²) in [6.45, 7) is 0.109. The molecule has 8 heteroatoms. The summed E-state index contributed by atoms with van der Waals surface area (Å²) in [6.07, 6.45) is 2.44. The highest BCUT2D eigenvalue weighted by molar-refractivity contribution is 7.93. The zero-order valence-electron chi connectivity index (χ0n) is 11.7. The van der Waals surface area contributed by atoms with Gasteiger partial charge in [0.25, 0.3) is 5.91 Å². The molecular formula is C14H14ClN3O3S. The van der Waals surface area contributed by atoms with Crippen molar-refractivity contribution in [1.82, 2.24) is 15.5 Å². The predicted molar refractivity (Wildman–Crippen MR) is 85.4 cm³/mol. The summed E-state index contributed by atoms with van der Waals surface area (Å²) in [5.41, 5.74) is 1.67. The minimum Gasteiger partial charge on any atom is -0.347 e. The Kier molecular flexibility index (Phi) is 4.99. The van der Waals surface area contributed by atoms with Gasteiger partial charge < -0.3 is 5.32 Å². The van der Waals surface area contributed by atoms with Gasteiger partial charge in [0, 0.05) is 28.8 Å². The van der Waals surface area contributed by atoms with Gasteiger partial charge in [0.1, 0.15) is 5.69 Å². The van der Waals surface area contributed by atoms with Crippen molar-refractivity contribution in [3.63, 3.8) is 0 Å². The Morgan fingerprint density at radius 1 is 1.41 bits per heavy atom. The number of nitrogens with one attached hydrogen (secondary N) is 2. The summed E-state index contributed by atoms with van der Waals surface area (Å²) >= 11 is 5.91. The Hall–Kier alpha value is -2.12. The van der Waals surface area contributed by atoms with E-state index in [0.717, 1.165) is 17.2 Å².